The van der Waals surface area contributed by atoms with Crippen molar-refractivity contribution in [2.45, 2.75) is 119 Å². The van der Waals surface area contributed by atoms with E-state index in [9.17, 15) is 28.8 Å². The van der Waals surface area contributed by atoms with Crippen LogP contribution in [0.5, 0.6) is 0 Å². The van der Waals surface area contributed by atoms with Gasteiger partial charge in [0.15, 0.2) is 23.1 Å². The van der Waals surface area contributed by atoms with Crippen molar-refractivity contribution in [3.05, 3.63) is 118 Å². The molecule has 4 heterocycles. The molecule has 8 rings (SSSR count). The Bertz CT molecular complexity index is 2870. The van der Waals surface area contributed by atoms with Gasteiger partial charge < -0.3 is 20.2 Å². The number of fused-ring (bicyclic) bond motifs is 3. The third-order valence-corrected chi connectivity index (χ3v) is 17.2. The van der Waals surface area contributed by atoms with Crippen molar-refractivity contribution < 1.29 is 73.6 Å². The van der Waals surface area contributed by atoms with Gasteiger partial charge in [0.25, 0.3) is 0 Å². The molecule has 2 aliphatic carbocycles. The van der Waals surface area contributed by atoms with Gasteiger partial charge >= 0.3 is 65.3 Å². The number of ketones is 4. The number of carbonyl (C=O) groups is 6. The Balaban J connectivity index is 0.00000240. The van der Waals surface area contributed by atoms with E-state index in [1.54, 1.807) is 84.4 Å². The van der Waals surface area contributed by atoms with Gasteiger partial charge in [-0.2, -0.15) is 11.8 Å². The quantitative estimate of drug-likeness (QED) is 0.0255. The molecule has 12 nitrogen and oxygen atoms in total. The zero-order valence-electron chi connectivity index (χ0n) is 43.6. The molecule has 20 heteroatoms. The summed E-state index contributed by atoms with van der Waals surface area (Å²) < 4.78 is 0. The number of carbonyl (C=O) groups excluding carboxylic acids is 4. The number of nitrogens with zero attached hydrogens (tertiary/aromatic N) is 4. The number of unbranched alkanes of at least 4 members (excludes halogenated alkanes) is 15. The van der Waals surface area contributed by atoms with E-state index < -0.39 is 34.4 Å². The molecule has 0 amide bonds. The van der Waals surface area contributed by atoms with Crippen LogP contribution in [-0.4, -0.2) is 83.3 Å². The number of hydrogen-bond donors (Lipinski definition) is 2. The van der Waals surface area contributed by atoms with Gasteiger partial charge in [-0.1, -0.05) is 132 Å². The minimum atomic E-state index is -0.803. The van der Waals surface area contributed by atoms with E-state index in [0.717, 1.165) is 144 Å². The summed E-state index contributed by atoms with van der Waals surface area (Å²) in [6.45, 7) is 0. The van der Waals surface area contributed by atoms with Crippen LogP contribution in [0.3, 0.4) is 0 Å². The van der Waals surface area contributed by atoms with Crippen LogP contribution in [0.15, 0.2) is 95.0 Å². The van der Waals surface area contributed by atoms with Gasteiger partial charge in [-0.05, 0) is 89.7 Å². The standard InChI is InChI=1S/C58H62N4O8S4.2ClH.2Zn/c63-45(64)36-71-30-18-10-6-4-5-8-12-20-32-73-38-27-29-44(60-35-38)51-47-46(52(62-51)48-54(65)39-22-14-15-23-40(39)55(48)66)50(61-53(47)49-56(67)41-24-16-17-25-42(41)57(49)68)43-28-26-37(34-59-43)72-31-19-11-7-2-1-3-9-13-21-33-74-58(69)70;;;;/h14-17,22-29,34-35H,1-13,18-21,30-33,36H2,(H4,59,60,61,62,63,64,65,66,67,68,69,70);2*1H;;/q;;;2*+2/p-4. The molecular weight excluding hydrogens is 1210 g/mol. The summed E-state index contributed by atoms with van der Waals surface area (Å²) in [7, 11) is 9.53. The molecule has 2 aromatic carbocycles. The van der Waals surface area contributed by atoms with Crippen LogP contribution in [0.4, 0.5) is 4.79 Å². The number of thioether (sulfide) groups is 4. The first-order chi connectivity index (χ1) is 38.1. The molecule has 6 aromatic rings. The first kappa shape index (κ1) is 63.3. The van der Waals surface area contributed by atoms with Gasteiger partial charge in [-0.25, -0.2) is 4.79 Å². The van der Waals surface area contributed by atoms with E-state index in [1.807, 2.05) is 24.3 Å². The predicted molar refractivity (Wildman–Crippen MR) is 310 cm³/mol. The van der Waals surface area contributed by atoms with E-state index in [1.165, 1.54) is 50.3 Å². The van der Waals surface area contributed by atoms with Crippen molar-refractivity contribution in [3.8, 4) is 22.8 Å². The van der Waals surface area contributed by atoms with Gasteiger partial charge in [-0.3, -0.25) is 33.9 Å². The van der Waals surface area contributed by atoms with Crippen LogP contribution in [0.2, 0.25) is 0 Å². The van der Waals surface area contributed by atoms with Gasteiger partial charge in [-0.15, -0.1) is 45.6 Å². The van der Waals surface area contributed by atoms with E-state index >= 15 is 0 Å². The van der Waals surface area contributed by atoms with Crippen LogP contribution in [0.25, 0.3) is 44.7 Å². The van der Waals surface area contributed by atoms with E-state index in [4.69, 9.17) is 49.5 Å². The Hall–Kier alpha value is -3.85. The number of hydrogen-bond acceptors (Lipinski definition) is 12. The van der Waals surface area contributed by atoms with E-state index in [0.29, 0.717) is 39.3 Å². The van der Waals surface area contributed by atoms with Crippen LogP contribution in [0.1, 0.15) is 151 Å². The van der Waals surface area contributed by atoms with Gasteiger partial charge in [0.1, 0.15) is 0 Å². The van der Waals surface area contributed by atoms with Crippen LogP contribution in [0, 0.1) is 0 Å². The second-order valence-electron chi connectivity index (χ2n) is 18.6. The SMILES string of the molecule is O=C(O)CSCCCCCCCCCCSc1ccc(-c2[n-]c(=C3C(=O)c4ccccc4C3=O)c3c(-c4ccc(SCCCCCCCCCCCSC(=O)O)cn4)[n-]c(=C4C(=O)c5ccccc5C4=O)c23)nc1.[Cl][Zn+].[Cl][Zn+]. The molecule has 0 atom stereocenters. The third-order valence-electron chi connectivity index (χ3n) is 13.3. The zero-order valence-corrected chi connectivity index (χ0v) is 54.3. The third kappa shape index (κ3) is 17.1. The van der Waals surface area contributed by atoms with E-state index in [-0.39, 0.29) is 49.9 Å². The molecule has 78 heavy (non-hydrogen) atoms. The fourth-order valence-electron chi connectivity index (χ4n) is 9.53. The average molecular weight is 1270 g/mol. The summed E-state index contributed by atoms with van der Waals surface area (Å²) >= 11 is 7.58. The Labute approximate surface area is 500 Å². The molecule has 0 bridgehead atoms. The second-order valence-corrected chi connectivity index (χ2v) is 23.0. The molecule has 0 fully saturated rings. The molecule has 0 aliphatic heterocycles. The van der Waals surface area contributed by atoms with Gasteiger partial charge in [0.2, 0.25) is 0 Å². The van der Waals surface area contributed by atoms with Crippen LogP contribution in [-0.2, 0) is 39.4 Å². The van der Waals surface area contributed by atoms with Crippen molar-refractivity contribution in [2.75, 3.05) is 28.8 Å². The summed E-state index contributed by atoms with van der Waals surface area (Å²) in [5, 5.41) is 17.7. The maximum absolute atomic E-state index is 14.3. The predicted octanol–water partition coefficient (Wildman–Crippen LogP) is 13.8. The molecule has 0 saturated heterocycles. The maximum atomic E-state index is 14.3. The number of halogens is 2. The Morgan fingerprint density at radius 1 is 0.462 bits per heavy atom. The molecule has 0 saturated carbocycles. The summed E-state index contributed by atoms with van der Waals surface area (Å²) in [6.07, 6.45) is 22.7. The second kappa shape index (κ2) is 33.8. The molecule has 2 N–H and O–H groups in total. The molecule has 402 valence electrons. The number of rotatable bonds is 29. The summed E-state index contributed by atoms with van der Waals surface area (Å²) in [6, 6.07) is 21.0. The number of carboxylic acid groups (broad SMARTS) is 2. The van der Waals surface area contributed by atoms with E-state index in [2.05, 4.69) is 0 Å². The molecule has 2 aliphatic rings. The Kier molecular flexibility index (Phi) is 27.4. The number of pyridine rings is 2. The number of carboxylic acids is 1. The van der Waals surface area contributed by atoms with Gasteiger partial charge in [0, 0.05) is 61.6 Å². The number of Topliss-reactive ketones (excluding diaryl/α,β-unsaturated/α-hetero) is 4. The molecule has 4 aromatic heterocycles. The van der Waals surface area contributed by atoms with Crippen molar-refractivity contribution in [1.29, 1.82) is 0 Å². The Morgan fingerprint density at radius 3 is 1.12 bits per heavy atom. The number of aromatic nitrogens is 4. The average Bonchev–Trinajstić information content (AvgIpc) is 4.34. The van der Waals surface area contributed by atoms with Gasteiger partial charge in [0.05, 0.1) is 16.9 Å². The summed E-state index contributed by atoms with van der Waals surface area (Å²) in [5.74, 6) is 0.959. The fourth-order valence-corrected chi connectivity index (χ4v) is 12.5. The summed E-state index contributed by atoms with van der Waals surface area (Å²) in [4.78, 5) is 100. The van der Waals surface area contributed by atoms with Crippen molar-refractivity contribution in [2.24, 2.45) is 0 Å². The number of benzene rings is 2. The number of aliphatic carboxylic acids is 1. The van der Waals surface area contributed by atoms with Crippen molar-refractivity contribution in [3.63, 3.8) is 0 Å². The Morgan fingerprint density at radius 2 is 0.795 bits per heavy atom. The first-order valence-corrected chi connectivity index (χ1v) is 38.2. The van der Waals surface area contributed by atoms with Crippen molar-refractivity contribution >= 4 is 123 Å². The summed E-state index contributed by atoms with van der Waals surface area (Å²) in [5.41, 5.74) is 2.34. The molecular formula is C58H60Cl2N4O8S4Zn2. The topological polar surface area (TPSA) is 197 Å². The van der Waals surface area contributed by atoms with Crippen LogP contribution >= 0.6 is 66.4 Å². The monoisotopic (exact) mass is 1270 g/mol. The fraction of sp³-hybridized carbons (Fsp3) is 0.379. The molecule has 0 spiro atoms. The van der Waals surface area contributed by atoms with Crippen LogP contribution < -0.4 is 20.7 Å². The van der Waals surface area contributed by atoms with Crippen molar-refractivity contribution in [1.82, 2.24) is 19.9 Å². The molecule has 0 radical (unpaired) electrons. The normalized spacial score (nSPS) is 12.7. The minimum absolute atomic E-state index is 0.107. The first-order valence-electron chi connectivity index (χ1n) is 26.3. The zero-order chi connectivity index (χ0) is 55.8. The molecule has 0 unspecified atom stereocenters.